The van der Waals surface area contributed by atoms with E-state index >= 15 is 0 Å². The van der Waals surface area contributed by atoms with Crippen LogP contribution in [0.25, 0.3) is 0 Å². The van der Waals surface area contributed by atoms with Crippen molar-refractivity contribution in [2.24, 2.45) is 35.5 Å². The molecule has 15 atom stereocenters. The zero-order valence-corrected chi connectivity index (χ0v) is 42.6. The van der Waals surface area contributed by atoms with Gasteiger partial charge < -0.3 is 43.9 Å². The summed E-state index contributed by atoms with van der Waals surface area (Å²) in [5, 5.41) is 41.2. The Kier molecular flexibility index (Phi) is 24.1. The molecule has 3 aliphatic heterocycles. The molecule has 1 amide bonds. The summed E-state index contributed by atoms with van der Waals surface area (Å²) in [5.41, 5.74) is 1.27. The Bertz CT molecular complexity index is 1850. The number of Topliss-reactive ketones (excluding diaryl/α,β-unsaturated/α-hetero) is 3. The quantitative estimate of drug-likeness (QED) is 0.143. The summed E-state index contributed by atoms with van der Waals surface area (Å²) in [4.78, 5) is 71.8. The fraction of sp³-hybridized carbons (Fsp3) is 0.736. The summed E-state index contributed by atoms with van der Waals surface area (Å²) in [6, 6.07) is 0.610. The van der Waals surface area contributed by atoms with Crippen LogP contribution in [0.4, 0.5) is 0 Å². The number of piperidine rings is 1. The Morgan fingerprint density at radius 2 is 1.57 bits per heavy atom. The Morgan fingerprint density at radius 1 is 0.882 bits per heavy atom. The number of cyclic esters (lactones) is 1. The highest BCUT2D eigenvalue weighted by atomic mass is 16.6. The molecular formula is C53H82N2O13. The number of amides is 1. The van der Waals surface area contributed by atoms with Crippen molar-refractivity contribution in [2.75, 3.05) is 27.9 Å². The lowest BCUT2D eigenvalue weighted by Gasteiger charge is -2.42. The number of methoxy groups -OCH3 is 3. The molecule has 2 saturated heterocycles. The third-order valence-corrected chi connectivity index (χ3v) is 14.5. The molecule has 0 spiro atoms. The fourth-order valence-corrected chi connectivity index (χ4v) is 10.1. The zero-order valence-electron chi connectivity index (χ0n) is 42.6. The Balaban J connectivity index is 0.00000397. The lowest BCUT2D eigenvalue weighted by molar-refractivity contribution is -0.265. The van der Waals surface area contributed by atoms with Gasteiger partial charge in [0.1, 0.15) is 30.1 Å². The molecule has 382 valence electrons. The molecule has 0 unspecified atom stereocenters. The van der Waals surface area contributed by atoms with Crippen LogP contribution in [0.2, 0.25) is 0 Å². The number of allylic oxidation sites excluding steroid dienone is 6. The summed E-state index contributed by atoms with van der Waals surface area (Å²) in [6.45, 7) is 14.2. The predicted molar refractivity (Wildman–Crippen MR) is 256 cm³/mol. The number of hydrogen-bond acceptors (Lipinski definition) is 14. The van der Waals surface area contributed by atoms with Gasteiger partial charge in [0.15, 0.2) is 5.78 Å². The largest absolute Gasteiger partial charge is 0.460 e. The number of rotatable bonds is 6. The van der Waals surface area contributed by atoms with Crippen LogP contribution in [-0.4, -0.2) is 132 Å². The Hall–Kier alpha value is -3.88. The molecule has 15 nitrogen and oxygen atoms in total. The smallest absolute Gasteiger partial charge is 0.329 e. The molecule has 4 aliphatic rings. The first kappa shape index (κ1) is 58.4. The van der Waals surface area contributed by atoms with Crippen LogP contribution in [0.15, 0.2) is 47.6 Å². The van der Waals surface area contributed by atoms with E-state index in [2.05, 4.69) is 0 Å². The average Bonchev–Trinajstić information content (AvgIpc) is 3.31. The maximum Gasteiger partial charge on any atom is 0.329 e. The third kappa shape index (κ3) is 16.1. The summed E-state index contributed by atoms with van der Waals surface area (Å²) in [5.74, 6) is -7.96. The van der Waals surface area contributed by atoms with Crippen molar-refractivity contribution in [1.29, 1.82) is 5.26 Å². The minimum Gasteiger partial charge on any atom is -0.460 e. The molecule has 68 heavy (non-hydrogen) atoms. The van der Waals surface area contributed by atoms with Crippen LogP contribution >= 0.6 is 0 Å². The van der Waals surface area contributed by atoms with Crippen molar-refractivity contribution >= 4 is 29.2 Å². The first-order chi connectivity index (χ1) is 32.2. The van der Waals surface area contributed by atoms with Gasteiger partial charge in [-0.25, -0.2) is 4.79 Å². The molecule has 0 aromatic rings. The lowest BCUT2D eigenvalue weighted by Crippen LogP contribution is -2.61. The molecule has 3 fully saturated rings. The second-order valence-electron chi connectivity index (χ2n) is 19.8. The van der Waals surface area contributed by atoms with Gasteiger partial charge in [-0.05, 0) is 107 Å². The van der Waals surface area contributed by atoms with Crippen LogP contribution in [0, 0.1) is 46.8 Å². The van der Waals surface area contributed by atoms with E-state index in [-0.39, 0.29) is 54.8 Å². The molecule has 4 rings (SSSR count). The van der Waals surface area contributed by atoms with E-state index in [4.69, 9.17) is 28.9 Å². The number of esters is 1. The van der Waals surface area contributed by atoms with Gasteiger partial charge in [-0.2, -0.15) is 5.26 Å². The molecule has 1 saturated carbocycles. The second kappa shape index (κ2) is 28.1. The van der Waals surface area contributed by atoms with Crippen molar-refractivity contribution in [3.05, 3.63) is 47.6 Å². The van der Waals surface area contributed by atoms with E-state index in [1.165, 1.54) is 18.9 Å². The Morgan fingerprint density at radius 3 is 2.22 bits per heavy atom. The highest BCUT2D eigenvalue weighted by Gasteiger charge is 2.53. The predicted octanol–water partition coefficient (Wildman–Crippen LogP) is 6.71. The summed E-state index contributed by atoms with van der Waals surface area (Å²) >= 11 is 0. The SMILES string of the molecule is CC#N.CO[C@H]1C[C@@H]2CC[C@@H](C)[C@@](O)(O2)C(=O)C(=O)N2CCCC[C@H]2C(=O)O[C@H]([C@H](C)C[C@@H]2CC[C@@H](O)[C@H](OC)C2)CC(=O)[C@H](C)/C=C(\C)[C@@H](O)[C@@H](OC)C(=O)[C@H](C)C[C@H](C)/C=C/C=C/C=C/1C. The van der Waals surface area contributed by atoms with E-state index in [0.29, 0.717) is 63.4 Å². The molecular weight excluding hydrogens is 873 g/mol. The molecule has 3 heterocycles. The van der Waals surface area contributed by atoms with Crippen LogP contribution < -0.4 is 0 Å². The van der Waals surface area contributed by atoms with Crippen LogP contribution in [0.3, 0.4) is 0 Å². The first-order valence-corrected chi connectivity index (χ1v) is 24.6. The maximum atomic E-state index is 14.4. The molecule has 0 radical (unpaired) electrons. The molecule has 0 aromatic heterocycles. The molecule has 15 heteroatoms. The number of aliphatic hydroxyl groups excluding tert-OH is 2. The van der Waals surface area contributed by atoms with Crippen molar-refractivity contribution in [3.63, 3.8) is 0 Å². The number of carbonyl (C=O) groups excluding carboxylic acids is 5. The van der Waals surface area contributed by atoms with Crippen LogP contribution in [0.5, 0.6) is 0 Å². The van der Waals surface area contributed by atoms with E-state index in [1.807, 2.05) is 58.1 Å². The van der Waals surface area contributed by atoms with Gasteiger partial charge in [0.05, 0.1) is 30.5 Å². The first-order valence-electron chi connectivity index (χ1n) is 24.6. The van der Waals surface area contributed by atoms with Gasteiger partial charge in [-0.1, -0.05) is 71.1 Å². The number of aliphatic hydroxyl groups is 3. The van der Waals surface area contributed by atoms with Gasteiger partial charge in [0.2, 0.25) is 5.79 Å². The molecule has 1 aliphatic carbocycles. The highest BCUT2D eigenvalue weighted by Crippen LogP contribution is 2.38. The molecule has 3 N–H and O–H groups in total. The minimum atomic E-state index is -2.43. The van der Waals surface area contributed by atoms with Gasteiger partial charge in [-0.15, -0.1) is 0 Å². The number of fused-ring (bicyclic) bond motifs is 3. The van der Waals surface area contributed by atoms with E-state index < -0.39 is 83.9 Å². The van der Waals surface area contributed by atoms with E-state index in [1.54, 1.807) is 47.1 Å². The topological polar surface area (TPSA) is 219 Å². The van der Waals surface area contributed by atoms with E-state index in [0.717, 1.165) is 12.0 Å². The summed E-state index contributed by atoms with van der Waals surface area (Å²) in [6.07, 6.45) is 11.2. The standard InChI is InChI=1S/C51H79NO13.C2H3N/c1-30-16-12-11-13-17-31(2)42(61-8)28-38-21-19-36(7)51(60,65-38)48(57)49(58)52-23-15-14-18-39(52)50(59)64-43(33(4)26-37-20-22-40(53)44(27-37)62-9)29-41(54)32(3)25-35(6)46(56)47(63-10)45(55)34(5)24-30;1-2-3/h11-13,16-17,25,30,32-34,36-40,42-44,46-47,53,56,60H,14-15,18-24,26-29H2,1-10H3;1H3/b13-11+,16-12+,31-17+,35-25+;/t30-,32-,33-,34-,36-,37+,38+,39+,40-,42+,43+,44-,46-,47+,51-;/m1./s1. The number of carbonyl (C=O) groups is 5. The lowest BCUT2D eigenvalue weighted by atomic mass is 9.78. The number of nitriles is 1. The van der Waals surface area contributed by atoms with Crippen LogP contribution in [-0.2, 0) is 47.7 Å². The van der Waals surface area contributed by atoms with Crippen molar-refractivity contribution in [2.45, 2.75) is 187 Å². The molecule has 0 aromatic carbocycles. The van der Waals surface area contributed by atoms with Crippen molar-refractivity contribution in [1.82, 2.24) is 4.90 Å². The number of hydrogen-bond donors (Lipinski definition) is 3. The fourth-order valence-electron chi connectivity index (χ4n) is 10.1. The Labute approximate surface area is 405 Å². The van der Waals surface area contributed by atoms with Gasteiger partial charge in [-0.3, -0.25) is 19.2 Å². The average molecular weight is 955 g/mol. The number of ketones is 3. The second-order valence-corrected chi connectivity index (χ2v) is 19.8. The van der Waals surface area contributed by atoms with Crippen molar-refractivity contribution < 1.29 is 63.0 Å². The highest BCUT2D eigenvalue weighted by molar-refractivity contribution is 6.39. The monoisotopic (exact) mass is 955 g/mol. The van der Waals surface area contributed by atoms with Gasteiger partial charge in [0.25, 0.3) is 11.7 Å². The molecule has 2 bridgehead atoms. The normalized spacial score (nSPS) is 38.8. The van der Waals surface area contributed by atoms with Crippen molar-refractivity contribution in [3.8, 4) is 6.07 Å². The zero-order chi connectivity index (χ0) is 50.9. The van der Waals surface area contributed by atoms with E-state index in [9.17, 15) is 39.3 Å². The summed E-state index contributed by atoms with van der Waals surface area (Å²) < 4.78 is 29.4. The number of ether oxygens (including phenoxy) is 5. The minimum absolute atomic E-state index is 0.0193. The van der Waals surface area contributed by atoms with Crippen LogP contribution in [0.1, 0.15) is 132 Å². The summed E-state index contributed by atoms with van der Waals surface area (Å²) in [7, 11) is 4.52. The maximum absolute atomic E-state index is 14.4. The van der Waals surface area contributed by atoms with Gasteiger partial charge >= 0.3 is 5.97 Å². The number of nitrogens with zero attached hydrogens (tertiary/aromatic N) is 2. The third-order valence-electron chi connectivity index (χ3n) is 14.5. The van der Waals surface area contributed by atoms with Gasteiger partial charge in [0, 0.05) is 65.4 Å².